The van der Waals surface area contributed by atoms with Crippen molar-refractivity contribution in [3.05, 3.63) is 46.5 Å². The Bertz CT molecular complexity index is 850. The van der Waals surface area contributed by atoms with Crippen molar-refractivity contribution in [2.24, 2.45) is 0 Å². The quantitative estimate of drug-likeness (QED) is 0.693. The Morgan fingerprint density at radius 2 is 2.14 bits per heavy atom. The molecule has 3 N–H and O–H groups in total. The van der Waals surface area contributed by atoms with Gasteiger partial charge in [-0.3, -0.25) is 9.89 Å². The van der Waals surface area contributed by atoms with Crippen LogP contribution in [-0.2, 0) is 0 Å². The first-order valence-corrected chi connectivity index (χ1v) is 6.94. The lowest BCUT2D eigenvalue weighted by molar-refractivity contribution is 0.0698. The number of aromatic amines is 1. The number of thiophene rings is 1. The highest BCUT2D eigenvalue weighted by Crippen LogP contribution is 2.28. The van der Waals surface area contributed by atoms with E-state index in [1.165, 1.54) is 11.3 Å². The van der Waals surface area contributed by atoms with Gasteiger partial charge in [0, 0.05) is 15.8 Å². The van der Waals surface area contributed by atoms with Crippen LogP contribution in [0, 0.1) is 6.92 Å². The van der Waals surface area contributed by atoms with Crippen molar-refractivity contribution in [3.8, 4) is 0 Å². The second-order valence-corrected chi connectivity index (χ2v) is 5.79. The molecule has 0 radical (unpaired) electrons. The number of nitrogens with one attached hydrogen (secondary N) is 2. The standard InChI is InChI=1S/C14H11N3O3S/c1-7-4-10(14(19)20)13(21-7)16-12(18)8-2-3-9-6-15-17-11(9)5-8/h2-6H,1H3,(H,15,17)(H,16,18)(H,19,20). The highest BCUT2D eigenvalue weighted by Gasteiger charge is 2.17. The van der Waals surface area contributed by atoms with Crippen LogP contribution in [0.25, 0.3) is 10.9 Å². The molecule has 0 unspecified atom stereocenters. The van der Waals surface area contributed by atoms with Gasteiger partial charge in [0.05, 0.1) is 17.3 Å². The fourth-order valence-corrected chi connectivity index (χ4v) is 2.92. The lowest BCUT2D eigenvalue weighted by Gasteiger charge is -2.04. The van der Waals surface area contributed by atoms with E-state index in [1.54, 1.807) is 37.4 Å². The maximum Gasteiger partial charge on any atom is 0.338 e. The minimum Gasteiger partial charge on any atom is -0.478 e. The summed E-state index contributed by atoms with van der Waals surface area (Å²) in [5.41, 5.74) is 1.30. The van der Waals surface area contributed by atoms with Gasteiger partial charge in [-0.2, -0.15) is 5.10 Å². The first-order chi connectivity index (χ1) is 10.0. The van der Waals surface area contributed by atoms with Gasteiger partial charge in [-0.05, 0) is 25.1 Å². The second kappa shape index (κ2) is 5.02. The number of carboxylic acid groups (broad SMARTS) is 1. The highest BCUT2D eigenvalue weighted by molar-refractivity contribution is 7.16. The van der Waals surface area contributed by atoms with E-state index < -0.39 is 5.97 Å². The first kappa shape index (κ1) is 13.3. The molecule has 1 amide bonds. The summed E-state index contributed by atoms with van der Waals surface area (Å²) in [6.07, 6.45) is 1.67. The maximum absolute atomic E-state index is 12.2. The van der Waals surface area contributed by atoms with Crippen LogP contribution in [0.2, 0.25) is 0 Å². The molecule has 0 bridgehead atoms. The van der Waals surface area contributed by atoms with E-state index in [2.05, 4.69) is 15.5 Å². The molecule has 1 aromatic carbocycles. The number of amides is 1. The number of carbonyl (C=O) groups is 2. The number of hydrogen-bond acceptors (Lipinski definition) is 4. The number of aromatic nitrogens is 2. The fourth-order valence-electron chi connectivity index (χ4n) is 2.02. The van der Waals surface area contributed by atoms with Crippen LogP contribution in [0.3, 0.4) is 0 Å². The Kier molecular flexibility index (Phi) is 3.19. The van der Waals surface area contributed by atoms with E-state index in [1.807, 2.05) is 0 Å². The molecule has 2 aromatic heterocycles. The van der Waals surface area contributed by atoms with E-state index in [0.29, 0.717) is 10.6 Å². The Labute approximate surface area is 123 Å². The number of carbonyl (C=O) groups excluding carboxylic acids is 1. The van der Waals surface area contributed by atoms with E-state index in [0.717, 1.165) is 15.8 Å². The average Bonchev–Trinajstić information content (AvgIpc) is 3.04. The summed E-state index contributed by atoms with van der Waals surface area (Å²) >= 11 is 1.24. The van der Waals surface area contributed by atoms with Crippen molar-refractivity contribution < 1.29 is 14.7 Å². The van der Waals surface area contributed by atoms with Gasteiger partial charge in [-0.15, -0.1) is 11.3 Å². The number of nitrogens with zero attached hydrogens (tertiary/aromatic N) is 1. The summed E-state index contributed by atoms with van der Waals surface area (Å²) in [6, 6.07) is 6.68. The van der Waals surface area contributed by atoms with Crippen LogP contribution in [0.5, 0.6) is 0 Å². The number of hydrogen-bond donors (Lipinski definition) is 3. The molecule has 7 heteroatoms. The van der Waals surface area contributed by atoms with Crippen molar-refractivity contribution in [2.75, 3.05) is 5.32 Å². The zero-order chi connectivity index (χ0) is 15.0. The van der Waals surface area contributed by atoms with Crippen LogP contribution in [0.1, 0.15) is 25.6 Å². The summed E-state index contributed by atoms with van der Waals surface area (Å²) < 4.78 is 0. The summed E-state index contributed by atoms with van der Waals surface area (Å²) in [7, 11) is 0. The second-order valence-electron chi connectivity index (χ2n) is 4.53. The molecule has 0 saturated carbocycles. The SMILES string of the molecule is Cc1cc(C(=O)O)c(NC(=O)c2ccc3cn[nH]c3c2)s1. The third-order valence-electron chi connectivity index (χ3n) is 3.02. The van der Waals surface area contributed by atoms with Crippen LogP contribution >= 0.6 is 11.3 Å². The van der Waals surface area contributed by atoms with Gasteiger partial charge in [0.1, 0.15) is 5.00 Å². The van der Waals surface area contributed by atoms with E-state index in [4.69, 9.17) is 5.11 Å². The number of fused-ring (bicyclic) bond motifs is 1. The summed E-state index contributed by atoms with van der Waals surface area (Å²) in [5.74, 6) is -1.41. The molecule has 21 heavy (non-hydrogen) atoms. The predicted molar refractivity (Wildman–Crippen MR) is 80.1 cm³/mol. The maximum atomic E-state index is 12.2. The van der Waals surface area contributed by atoms with Gasteiger partial charge in [-0.1, -0.05) is 6.07 Å². The van der Waals surface area contributed by atoms with Crippen molar-refractivity contribution in [2.45, 2.75) is 6.92 Å². The molecular formula is C14H11N3O3S. The molecule has 0 aliphatic rings. The molecule has 0 spiro atoms. The van der Waals surface area contributed by atoms with Gasteiger partial charge in [0.2, 0.25) is 0 Å². The van der Waals surface area contributed by atoms with E-state index >= 15 is 0 Å². The van der Waals surface area contributed by atoms with Crippen molar-refractivity contribution >= 4 is 39.1 Å². The normalized spacial score (nSPS) is 10.7. The molecule has 106 valence electrons. The zero-order valence-electron chi connectivity index (χ0n) is 11.0. The molecule has 0 aliphatic heterocycles. The first-order valence-electron chi connectivity index (χ1n) is 6.13. The summed E-state index contributed by atoms with van der Waals surface area (Å²) in [4.78, 5) is 24.2. The molecule has 6 nitrogen and oxygen atoms in total. The number of carboxylic acids is 1. The molecular weight excluding hydrogens is 290 g/mol. The highest BCUT2D eigenvalue weighted by atomic mass is 32.1. The lowest BCUT2D eigenvalue weighted by atomic mass is 10.1. The van der Waals surface area contributed by atoms with Crippen LogP contribution in [-0.4, -0.2) is 27.2 Å². The molecule has 2 heterocycles. The Morgan fingerprint density at radius 1 is 1.33 bits per heavy atom. The summed E-state index contributed by atoms with van der Waals surface area (Å²) in [5, 5.41) is 19.7. The van der Waals surface area contributed by atoms with E-state index in [9.17, 15) is 9.59 Å². The average molecular weight is 301 g/mol. The Hall–Kier alpha value is -2.67. The van der Waals surface area contributed by atoms with Gasteiger partial charge in [0.25, 0.3) is 5.91 Å². The number of benzene rings is 1. The number of anilines is 1. The molecule has 0 aliphatic carbocycles. The zero-order valence-corrected chi connectivity index (χ0v) is 11.8. The minimum absolute atomic E-state index is 0.105. The molecule has 0 saturated heterocycles. The molecule has 0 atom stereocenters. The summed E-state index contributed by atoms with van der Waals surface area (Å²) in [6.45, 7) is 1.80. The number of aryl methyl sites for hydroxylation is 1. The monoisotopic (exact) mass is 301 g/mol. The topological polar surface area (TPSA) is 95.1 Å². The number of rotatable bonds is 3. The van der Waals surface area contributed by atoms with Crippen LogP contribution < -0.4 is 5.32 Å². The van der Waals surface area contributed by atoms with Gasteiger partial charge >= 0.3 is 5.97 Å². The van der Waals surface area contributed by atoms with Crippen molar-refractivity contribution in [1.29, 1.82) is 0 Å². The smallest absolute Gasteiger partial charge is 0.338 e. The third kappa shape index (κ3) is 2.50. The number of aromatic carboxylic acids is 1. The predicted octanol–water partition coefficient (Wildman–Crippen LogP) is 2.88. The third-order valence-corrected chi connectivity index (χ3v) is 3.98. The van der Waals surface area contributed by atoms with Gasteiger partial charge in [-0.25, -0.2) is 4.79 Å². The minimum atomic E-state index is -1.06. The van der Waals surface area contributed by atoms with Crippen LogP contribution in [0.4, 0.5) is 5.00 Å². The van der Waals surface area contributed by atoms with Gasteiger partial charge in [0.15, 0.2) is 0 Å². The largest absolute Gasteiger partial charge is 0.478 e. The molecule has 3 rings (SSSR count). The van der Waals surface area contributed by atoms with Crippen molar-refractivity contribution in [3.63, 3.8) is 0 Å². The molecule has 3 aromatic rings. The molecule has 0 fully saturated rings. The number of H-pyrrole nitrogens is 1. The van der Waals surface area contributed by atoms with Gasteiger partial charge < -0.3 is 10.4 Å². The Balaban J connectivity index is 1.90. The fraction of sp³-hybridized carbons (Fsp3) is 0.0714. The van der Waals surface area contributed by atoms with Crippen molar-refractivity contribution in [1.82, 2.24) is 10.2 Å². The van der Waals surface area contributed by atoms with E-state index in [-0.39, 0.29) is 11.5 Å². The Morgan fingerprint density at radius 3 is 2.90 bits per heavy atom. The van der Waals surface area contributed by atoms with Crippen LogP contribution in [0.15, 0.2) is 30.5 Å². The lowest BCUT2D eigenvalue weighted by Crippen LogP contribution is -2.13.